The lowest BCUT2D eigenvalue weighted by molar-refractivity contribution is 0.0935. The van der Waals surface area contributed by atoms with E-state index in [9.17, 15) is 9.59 Å². The molecule has 0 radical (unpaired) electrons. The minimum absolute atomic E-state index is 0.213. The van der Waals surface area contributed by atoms with E-state index in [-0.39, 0.29) is 17.5 Å². The van der Waals surface area contributed by atoms with Crippen LogP contribution in [-0.4, -0.2) is 15.5 Å². The summed E-state index contributed by atoms with van der Waals surface area (Å²) in [6.07, 6.45) is 3.95. The fourth-order valence-corrected chi connectivity index (χ4v) is 3.07. The van der Waals surface area contributed by atoms with Crippen molar-refractivity contribution < 1.29 is 4.79 Å². The summed E-state index contributed by atoms with van der Waals surface area (Å²) in [6.45, 7) is 0. The average molecular weight is 339 g/mol. The first kappa shape index (κ1) is 16.1. The molecule has 1 atom stereocenters. The van der Waals surface area contributed by atoms with Crippen LogP contribution < -0.4 is 10.9 Å². The van der Waals surface area contributed by atoms with Crippen molar-refractivity contribution in [3.63, 3.8) is 0 Å². The SMILES string of the molecule is Cn1ccc(C(=O)NC(Cc2ccsc2)c2ccccn2)cc1=O. The molecule has 0 saturated heterocycles. The van der Waals surface area contributed by atoms with E-state index in [1.54, 1.807) is 36.8 Å². The Labute approximate surface area is 143 Å². The Balaban J connectivity index is 1.84. The number of carbonyl (C=O) groups excluding carboxylic acids is 1. The molecule has 0 bridgehead atoms. The maximum absolute atomic E-state index is 12.5. The molecule has 1 N–H and O–H groups in total. The minimum Gasteiger partial charge on any atom is -0.343 e. The van der Waals surface area contributed by atoms with Gasteiger partial charge in [-0.2, -0.15) is 11.3 Å². The monoisotopic (exact) mass is 339 g/mol. The van der Waals surface area contributed by atoms with Crippen molar-refractivity contribution in [2.24, 2.45) is 7.05 Å². The van der Waals surface area contributed by atoms with Gasteiger partial charge in [0.05, 0.1) is 11.7 Å². The topological polar surface area (TPSA) is 64.0 Å². The van der Waals surface area contributed by atoms with E-state index in [1.165, 1.54) is 10.6 Å². The third-order valence-corrected chi connectivity index (χ3v) is 4.47. The van der Waals surface area contributed by atoms with Crippen molar-refractivity contribution >= 4 is 17.2 Å². The molecule has 0 aliphatic carbocycles. The van der Waals surface area contributed by atoms with Crippen LogP contribution in [0.1, 0.15) is 27.7 Å². The Morgan fingerprint density at radius 1 is 1.33 bits per heavy atom. The number of pyridine rings is 2. The molecule has 6 heteroatoms. The molecule has 5 nitrogen and oxygen atoms in total. The second-order valence-corrected chi connectivity index (χ2v) is 6.26. The Morgan fingerprint density at radius 3 is 2.88 bits per heavy atom. The second kappa shape index (κ2) is 7.23. The smallest absolute Gasteiger partial charge is 0.252 e. The average Bonchev–Trinajstić information content (AvgIpc) is 3.10. The second-order valence-electron chi connectivity index (χ2n) is 5.48. The normalized spacial score (nSPS) is 11.9. The zero-order valence-electron chi connectivity index (χ0n) is 13.2. The third-order valence-electron chi connectivity index (χ3n) is 3.74. The molecular weight excluding hydrogens is 322 g/mol. The maximum atomic E-state index is 12.5. The van der Waals surface area contributed by atoms with Crippen molar-refractivity contribution in [2.45, 2.75) is 12.5 Å². The van der Waals surface area contributed by atoms with E-state index in [4.69, 9.17) is 0 Å². The Morgan fingerprint density at radius 2 is 2.21 bits per heavy atom. The first-order valence-corrected chi connectivity index (χ1v) is 8.47. The van der Waals surface area contributed by atoms with Crippen LogP contribution in [0.3, 0.4) is 0 Å². The molecule has 3 heterocycles. The Hall–Kier alpha value is -2.73. The molecule has 0 aliphatic rings. The van der Waals surface area contributed by atoms with Crippen LogP contribution in [0.15, 0.2) is 64.3 Å². The number of thiophene rings is 1. The third kappa shape index (κ3) is 3.78. The molecule has 0 aromatic carbocycles. The highest BCUT2D eigenvalue weighted by molar-refractivity contribution is 7.07. The predicted molar refractivity (Wildman–Crippen MR) is 94.2 cm³/mol. The van der Waals surface area contributed by atoms with Crippen LogP contribution in [0.25, 0.3) is 0 Å². The molecule has 1 amide bonds. The zero-order valence-corrected chi connectivity index (χ0v) is 14.0. The number of nitrogens with one attached hydrogen (secondary N) is 1. The first-order valence-electron chi connectivity index (χ1n) is 7.53. The summed E-state index contributed by atoms with van der Waals surface area (Å²) >= 11 is 1.62. The molecule has 0 saturated carbocycles. The van der Waals surface area contributed by atoms with Gasteiger partial charge in [0, 0.05) is 31.1 Å². The van der Waals surface area contributed by atoms with E-state index >= 15 is 0 Å². The fraction of sp³-hybridized carbons (Fsp3) is 0.167. The van der Waals surface area contributed by atoms with E-state index in [2.05, 4.69) is 15.7 Å². The van der Waals surface area contributed by atoms with Crippen LogP contribution in [0.4, 0.5) is 0 Å². The van der Waals surface area contributed by atoms with Crippen LogP contribution in [0.5, 0.6) is 0 Å². The van der Waals surface area contributed by atoms with Crippen molar-refractivity contribution in [3.05, 3.63) is 86.7 Å². The minimum atomic E-state index is -0.279. The molecule has 122 valence electrons. The number of carbonyl (C=O) groups is 1. The number of nitrogens with zero attached hydrogens (tertiary/aromatic N) is 2. The summed E-state index contributed by atoms with van der Waals surface area (Å²) in [5.41, 5.74) is 2.07. The van der Waals surface area contributed by atoms with Gasteiger partial charge in [-0.15, -0.1) is 0 Å². The number of amides is 1. The molecule has 3 aromatic heterocycles. The lowest BCUT2D eigenvalue weighted by Gasteiger charge is -2.18. The van der Waals surface area contributed by atoms with Crippen LogP contribution in [0, 0.1) is 0 Å². The number of aryl methyl sites for hydroxylation is 1. The molecule has 24 heavy (non-hydrogen) atoms. The molecule has 0 fully saturated rings. The van der Waals surface area contributed by atoms with Crippen LogP contribution in [-0.2, 0) is 13.5 Å². The van der Waals surface area contributed by atoms with Gasteiger partial charge in [-0.25, -0.2) is 0 Å². The molecule has 0 aliphatic heterocycles. The summed E-state index contributed by atoms with van der Waals surface area (Å²) in [4.78, 5) is 28.6. The van der Waals surface area contributed by atoms with E-state index < -0.39 is 0 Å². The van der Waals surface area contributed by atoms with E-state index in [1.807, 2.05) is 29.6 Å². The van der Waals surface area contributed by atoms with Crippen molar-refractivity contribution in [2.75, 3.05) is 0 Å². The predicted octanol–water partition coefficient (Wildman–Crippen LogP) is 2.56. The molecular formula is C18H17N3O2S. The highest BCUT2D eigenvalue weighted by atomic mass is 32.1. The highest BCUT2D eigenvalue weighted by Gasteiger charge is 2.18. The standard InChI is InChI=1S/C18H17N3O2S/c1-21-8-5-14(11-17(21)22)18(23)20-16(10-13-6-9-24-12-13)15-4-2-3-7-19-15/h2-9,11-12,16H,10H2,1H3,(H,20,23). The van der Waals surface area contributed by atoms with Crippen molar-refractivity contribution in [1.82, 2.24) is 14.9 Å². The largest absolute Gasteiger partial charge is 0.343 e. The van der Waals surface area contributed by atoms with E-state index in [0.717, 1.165) is 11.3 Å². The molecule has 3 rings (SSSR count). The molecule has 1 unspecified atom stereocenters. The molecule has 3 aromatic rings. The highest BCUT2D eigenvalue weighted by Crippen LogP contribution is 2.19. The zero-order chi connectivity index (χ0) is 16.9. The van der Waals surface area contributed by atoms with Gasteiger partial charge in [0.2, 0.25) is 0 Å². The molecule has 0 spiro atoms. The first-order chi connectivity index (χ1) is 11.6. The fourth-order valence-electron chi connectivity index (χ4n) is 2.39. The Kier molecular flexibility index (Phi) is 4.86. The lowest BCUT2D eigenvalue weighted by atomic mass is 10.0. The summed E-state index contributed by atoms with van der Waals surface area (Å²) in [5, 5.41) is 7.05. The summed E-state index contributed by atoms with van der Waals surface area (Å²) in [7, 11) is 1.65. The lowest BCUT2D eigenvalue weighted by Crippen LogP contribution is -2.31. The van der Waals surface area contributed by atoms with Gasteiger partial charge in [0.1, 0.15) is 0 Å². The van der Waals surface area contributed by atoms with Gasteiger partial charge in [-0.1, -0.05) is 6.07 Å². The van der Waals surface area contributed by atoms with Crippen LogP contribution >= 0.6 is 11.3 Å². The van der Waals surface area contributed by atoms with E-state index in [0.29, 0.717) is 12.0 Å². The Bertz CT molecular complexity index is 873. The number of hydrogen-bond donors (Lipinski definition) is 1. The van der Waals surface area contributed by atoms with Crippen LogP contribution in [0.2, 0.25) is 0 Å². The van der Waals surface area contributed by atoms with Crippen molar-refractivity contribution in [1.29, 1.82) is 0 Å². The van der Waals surface area contributed by atoms with Gasteiger partial charge in [0.25, 0.3) is 11.5 Å². The van der Waals surface area contributed by atoms with Gasteiger partial charge < -0.3 is 9.88 Å². The number of rotatable bonds is 5. The number of aromatic nitrogens is 2. The van der Waals surface area contributed by atoms with Crippen molar-refractivity contribution in [3.8, 4) is 0 Å². The maximum Gasteiger partial charge on any atom is 0.252 e. The van der Waals surface area contributed by atoms with Gasteiger partial charge in [-0.05, 0) is 47.0 Å². The van der Waals surface area contributed by atoms with Gasteiger partial charge in [-0.3, -0.25) is 14.6 Å². The summed E-state index contributed by atoms with van der Waals surface area (Å²) in [5.74, 6) is -0.279. The number of hydrogen-bond acceptors (Lipinski definition) is 4. The quantitative estimate of drug-likeness (QED) is 0.777. The van der Waals surface area contributed by atoms with Gasteiger partial charge in [0.15, 0.2) is 0 Å². The van der Waals surface area contributed by atoms with Gasteiger partial charge >= 0.3 is 0 Å². The summed E-state index contributed by atoms with van der Waals surface area (Å²) in [6, 6.07) is 10.4. The summed E-state index contributed by atoms with van der Waals surface area (Å²) < 4.78 is 1.43.